The number of rotatable bonds is 13. The smallest absolute Gasteiger partial charge is 0.241 e. The third kappa shape index (κ3) is 9.74. The van der Waals surface area contributed by atoms with E-state index in [1.807, 2.05) is 73.6 Å². The number of aryl methyl sites for hydroxylation is 2. The molecular formula is C51H64N12O7. The fraction of sp³-hybridized carbons (Fsp3) is 0.490. The quantitative estimate of drug-likeness (QED) is 0.150. The van der Waals surface area contributed by atoms with Gasteiger partial charge in [0, 0.05) is 112 Å². The van der Waals surface area contributed by atoms with Crippen LogP contribution in [-0.4, -0.2) is 157 Å². The normalized spacial score (nSPS) is 20.7. The first-order valence-electron chi connectivity index (χ1n) is 24.5. The van der Waals surface area contributed by atoms with Crippen LogP contribution in [0.3, 0.4) is 0 Å². The number of methoxy groups -OCH3 is 2. The van der Waals surface area contributed by atoms with Gasteiger partial charge in [-0.15, -0.1) is 0 Å². The molecule has 0 unspecified atom stereocenters. The van der Waals surface area contributed by atoms with Gasteiger partial charge in [-0.25, -0.2) is 19.0 Å². The van der Waals surface area contributed by atoms with Crippen LogP contribution in [0, 0.1) is 25.7 Å². The van der Waals surface area contributed by atoms with Crippen LogP contribution in [0.25, 0.3) is 33.5 Å². The molecule has 70 heavy (non-hydrogen) atoms. The first kappa shape index (κ1) is 47.0. The molecule has 370 valence electrons. The molecular weight excluding hydrogens is 893 g/mol. The Morgan fingerprint density at radius 3 is 1.54 bits per heavy atom. The van der Waals surface area contributed by atoms with Crippen molar-refractivity contribution in [2.75, 3.05) is 103 Å². The van der Waals surface area contributed by atoms with E-state index in [1.54, 1.807) is 14.2 Å². The Labute approximate surface area is 407 Å². The van der Waals surface area contributed by atoms with Gasteiger partial charge >= 0.3 is 0 Å². The summed E-state index contributed by atoms with van der Waals surface area (Å²) in [6.07, 6.45) is 8.09. The first-order chi connectivity index (χ1) is 34.0. The summed E-state index contributed by atoms with van der Waals surface area (Å²) in [5, 5.41) is 18.2. The zero-order chi connectivity index (χ0) is 48.5. The van der Waals surface area contributed by atoms with Gasteiger partial charge in [-0.1, -0.05) is 12.1 Å². The standard InChI is InChI=1S/C27H34N6O4.C24H30N6O3/c1-17-12-29-33-14-22(30-27(26(17)33)37-18(2)20-11-25(34)28-13-20)19-4-5-23(24(10-19)35-3)32-8-6-31(7-9-32)21-15-36-16-21;1-15-12-27-30-14-19(28-24(23(15)30)33-16(2)18-11-22(31)26-13-18)17-4-5-20(21(10-17)32-3)29-8-6-25-7-9-29/h4-5,10,12,14,18,20-21H,6-9,11,13,15-16H2,1-3H3,(H,28,34);4-5,10,12,14,16,18,25H,6-9,11,13H2,1-3H3,(H,26,31)/t18-,20-;16-,18-/m11/s1. The molecule has 9 heterocycles. The minimum Gasteiger partial charge on any atom is -0.495 e. The van der Waals surface area contributed by atoms with E-state index in [0.717, 1.165) is 133 Å². The highest BCUT2D eigenvalue weighted by molar-refractivity contribution is 5.79. The molecule has 0 radical (unpaired) electrons. The minimum atomic E-state index is -0.165. The van der Waals surface area contributed by atoms with Crippen molar-refractivity contribution in [3.8, 4) is 45.8 Å². The summed E-state index contributed by atoms with van der Waals surface area (Å²) in [5.74, 6) is 3.06. The summed E-state index contributed by atoms with van der Waals surface area (Å²) in [6.45, 7) is 18.7. The Hall–Kier alpha value is -6.70. The summed E-state index contributed by atoms with van der Waals surface area (Å²) in [4.78, 5) is 40.4. The Balaban J connectivity index is 0.000000163. The van der Waals surface area contributed by atoms with Gasteiger partial charge in [-0.3, -0.25) is 14.5 Å². The highest BCUT2D eigenvalue weighted by Crippen LogP contribution is 2.37. The predicted molar refractivity (Wildman–Crippen MR) is 265 cm³/mol. The molecule has 0 bridgehead atoms. The van der Waals surface area contributed by atoms with E-state index in [0.29, 0.717) is 43.7 Å². The largest absolute Gasteiger partial charge is 0.495 e. The topological polar surface area (TPSA) is 186 Å². The van der Waals surface area contributed by atoms with Gasteiger partial charge in [0.05, 0.1) is 81.0 Å². The molecule has 19 heteroatoms. The number of amides is 2. The maximum absolute atomic E-state index is 11.7. The predicted octanol–water partition coefficient (Wildman–Crippen LogP) is 4.16. The molecule has 11 rings (SSSR count). The average molecular weight is 957 g/mol. The number of hydrogen-bond donors (Lipinski definition) is 3. The van der Waals surface area contributed by atoms with Crippen LogP contribution < -0.4 is 44.7 Å². The Morgan fingerprint density at radius 1 is 0.657 bits per heavy atom. The molecule has 5 aliphatic rings. The summed E-state index contributed by atoms with van der Waals surface area (Å²) in [5.41, 5.74) is 9.19. The molecule has 4 aromatic heterocycles. The monoisotopic (exact) mass is 957 g/mol. The fourth-order valence-corrected chi connectivity index (χ4v) is 10.0. The number of aromatic nitrogens is 6. The van der Waals surface area contributed by atoms with Crippen molar-refractivity contribution < 1.29 is 33.3 Å². The Bertz CT molecular complexity index is 2850. The number of benzene rings is 2. The third-order valence-corrected chi connectivity index (χ3v) is 14.4. The Morgan fingerprint density at radius 2 is 1.13 bits per heavy atom. The molecule has 6 aromatic rings. The number of hydrogen-bond acceptors (Lipinski definition) is 15. The lowest BCUT2D eigenvalue weighted by Gasteiger charge is -2.43. The summed E-state index contributed by atoms with van der Waals surface area (Å²) >= 11 is 0. The number of carbonyl (C=O) groups is 2. The molecule has 0 aliphatic carbocycles. The number of fused-ring (bicyclic) bond motifs is 2. The summed E-state index contributed by atoms with van der Waals surface area (Å²) in [7, 11) is 3.41. The highest BCUT2D eigenvalue weighted by Gasteiger charge is 2.32. The van der Waals surface area contributed by atoms with Crippen LogP contribution in [0.4, 0.5) is 11.4 Å². The van der Waals surface area contributed by atoms with Crippen molar-refractivity contribution in [2.45, 2.75) is 58.8 Å². The summed E-state index contributed by atoms with van der Waals surface area (Å²) in [6, 6.07) is 13.0. The number of anilines is 2. The van der Waals surface area contributed by atoms with E-state index in [2.05, 4.69) is 65.1 Å². The highest BCUT2D eigenvalue weighted by atomic mass is 16.5. The van der Waals surface area contributed by atoms with Gasteiger partial charge in [-0.2, -0.15) is 10.2 Å². The molecule has 4 atom stereocenters. The summed E-state index contributed by atoms with van der Waals surface area (Å²) < 4.78 is 33.3. The molecule has 19 nitrogen and oxygen atoms in total. The third-order valence-electron chi connectivity index (χ3n) is 14.4. The van der Waals surface area contributed by atoms with Gasteiger partial charge in [0.1, 0.15) is 34.7 Å². The van der Waals surface area contributed by atoms with Gasteiger partial charge in [-0.05, 0) is 52.0 Å². The second-order valence-electron chi connectivity index (χ2n) is 19.0. The van der Waals surface area contributed by atoms with E-state index in [4.69, 9.17) is 33.7 Å². The van der Waals surface area contributed by atoms with E-state index >= 15 is 0 Å². The zero-order valence-electron chi connectivity index (χ0n) is 40.9. The van der Waals surface area contributed by atoms with Crippen LogP contribution in [0.5, 0.6) is 23.3 Å². The molecule has 5 saturated heterocycles. The van der Waals surface area contributed by atoms with E-state index in [9.17, 15) is 9.59 Å². The van der Waals surface area contributed by atoms with Crippen LogP contribution in [-0.2, 0) is 14.3 Å². The van der Waals surface area contributed by atoms with Gasteiger partial charge < -0.3 is 49.4 Å². The maximum atomic E-state index is 11.7. The maximum Gasteiger partial charge on any atom is 0.241 e. The molecule has 5 fully saturated rings. The molecule has 5 aliphatic heterocycles. The lowest BCUT2D eigenvalue weighted by Crippen LogP contribution is -2.56. The van der Waals surface area contributed by atoms with Crippen LogP contribution in [0.2, 0.25) is 0 Å². The van der Waals surface area contributed by atoms with Crippen LogP contribution >= 0.6 is 0 Å². The van der Waals surface area contributed by atoms with Gasteiger partial charge in [0.25, 0.3) is 0 Å². The second kappa shape index (κ2) is 20.3. The Kier molecular flexibility index (Phi) is 13.7. The number of nitrogens with one attached hydrogen (secondary N) is 3. The second-order valence-corrected chi connectivity index (χ2v) is 19.0. The van der Waals surface area contributed by atoms with Crippen LogP contribution in [0.15, 0.2) is 61.2 Å². The van der Waals surface area contributed by atoms with Gasteiger partial charge in [0.15, 0.2) is 0 Å². The minimum absolute atomic E-state index is 0.0680. The van der Waals surface area contributed by atoms with Crippen molar-refractivity contribution in [3.63, 3.8) is 0 Å². The molecule has 2 amide bonds. The number of nitrogens with zero attached hydrogens (tertiary/aromatic N) is 9. The van der Waals surface area contributed by atoms with E-state index in [1.165, 1.54) is 0 Å². The lowest BCUT2D eigenvalue weighted by atomic mass is 10.0. The van der Waals surface area contributed by atoms with Crippen molar-refractivity contribution in [2.24, 2.45) is 11.8 Å². The molecule has 0 spiro atoms. The number of ether oxygens (including phenoxy) is 5. The number of carbonyl (C=O) groups excluding carboxylic acids is 2. The first-order valence-corrected chi connectivity index (χ1v) is 24.5. The number of piperazine rings is 2. The van der Waals surface area contributed by atoms with Crippen molar-refractivity contribution in [1.29, 1.82) is 0 Å². The van der Waals surface area contributed by atoms with Gasteiger partial charge in [0.2, 0.25) is 23.6 Å². The van der Waals surface area contributed by atoms with Crippen molar-refractivity contribution >= 4 is 34.2 Å². The molecule has 2 aromatic carbocycles. The fourth-order valence-electron chi connectivity index (χ4n) is 10.0. The van der Waals surface area contributed by atoms with E-state index in [-0.39, 0.29) is 35.9 Å². The zero-order valence-corrected chi connectivity index (χ0v) is 40.9. The van der Waals surface area contributed by atoms with Crippen molar-refractivity contribution in [3.05, 3.63) is 72.3 Å². The van der Waals surface area contributed by atoms with Crippen LogP contribution in [0.1, 0.15) is 37.8 Å². The SMILES string of the molecule is COc1cc(-c2cn3ncc(C)c3c(O[C@H](C)[C@H]3CNC(=O)C3)n2)ccc1N1CCN(C2COC2)CC1.COc1cc(-c2cn3ncc(C)c3c(O[C@H](C)[C@H]3CNC(=O)C3)n2)ccc1N1CCNCC1. The average Bonchev–Trinajstić information content (AvgIpc) is 4.19. The van der Waals surface area contributed by atoms with E-state index < -0.39 is 0 Å². The molecule has 3 N–H and O–H groups in total. The van der Waals surface area contributed by atoms with Crippen molar-refractivity contribution in [1.82, 2.24) is 50.0 Å². The molecule has 0 saturated carbocycles. The lowest BCUT2D eigenvalue weighted by molar-refractivity contribution is -0.120.